The predicted octanol–water partition coefficient (Wildman–Crippen LogP) is 1.75. The Bertz CT molecular complexity index is 876. The summed E-state index contributed by atoms with van der Waals surface area (Å²) in [7, 11) is 1.67. The van der Waals surface area contributed by atoms with E-state index in [1.807, 2.05) is 0 Å². The number of nitrogens with zero attached hydrogens (tertiary/aromatic N) is 2. The Kier molecular flexibility index (Phi) is 7.15. The number of hydrogen-bond acceptors (Lipinski definition) is 6. The van der Waals surface area contributed by atoms with Crippen molar-refractivity contribution in [1.82, 2.24) is 20.4 Å². The van der Waals surface area contributed by atoms with Crippen LogP contribution in [0.4, 0.5) is 15.0 Å². The lowest BCUT2D eigenvalue weighted by Crippen LogP contribution is -2.65. The molecule has 11 heteroatoms. The molecule has 0 radical (unpaired) electrons. The molecule has 0 unspecified atom stereocenters. The van der Waals surface area contributed by atoms with Crippen molar-refractivity contribution in [1.29, 1.82) is 0 Å². The molecule has 3 rings (SSSR count). The molecule has 2 aliphatic rings. The maximum atomic E-state index is 15.1. The van der Waals surface area contributed by atoms with Gasteiger partial charge in [-0.15, -0.1) is 0 Å². The molecular weight excluding hydrogens is 421 g/mol. The monoisotopic (exact) mass is 451 g/mol. The standard InChI is InChI=1S/C21H30FN5O5/c1-3-32-19(31)23-14(13-20(22)8-4-5-9-20)17(29)25-21(10-6-11-21)16(28)18(30)24-15-7-12-27(2)26-15/h7,12,14H,3-6,8-11,13H2,1-2H3,(H,23,31)(H,25,29)(H,24,26,30)/t14-/m0/s1. The number of nitrogens with one attached hydrogen (secondary N) is 3. The Morgan fingerprint density at radius 3 is 2.41 bits per heavy atom. The van der Waals surface area contributed by atoms with Gasteiger partial charge in [0.15, 0.2) is 5.82 Å². The van der Waals surface area contributed by atoms with E-state index in [0.29, 0.717) is 32.1 Å². The number of carbonyl (C=O) groups excluding carboxylic acids is 4. The topological polar surface area (TPSA) is 131 Å². The Morgan fingerprint density at radius 1 is 1.19 bits per heavy atom. The number of anilines is 1. The normalized spacial score (nSPS) is 19.3. The molecule has 1 aromatic heterocycles. The lowest BCUT2D eigenvalue weighted by molar-refractivity contribution is -0.144. The highest BCUT2D eigenvalue weighted by atomic mass is 19.1. The van der Waals surface area contributed by atoms with Crippen LogP contribution >= 0.6 is 0 Å². The van der Waals surface area contributed by atoms with Crippen LogP contribution in [0.2, 0.25) is 0 Å². The zero-order chi connectivity index (χ0) is 23.4. The molecule has 3 N–H and O–H groups in total. The van der Waals surface area contributed by atoms with Crippen molar-refractivity contribution in [3.05, 3.63) is 12.3 Å². The van der Waals surface area contributed by atoms with Gasteiger partial charge in [0, 0.05) is 25.7 Å². The van der Waals surface area contributed by atoms with Crippen molar-refractivity contribution in [3.63, 3.8) is 0 Å². The average Bonchev–Trinajstić information content (AvgIpc) is 3.31. The zero-order valence-corrected chi connectivity index (χ0v) is 18.4. The lowest BCUT2D eigenvalue weighted by atomic mass is 9.73. The van der Waals surface area contributed by atoms with Gasteiger partial charge >= 0.3 is 6.09 Å². The molecule has 2 aliphatic carbocycles. The number of hydrogen-bond donors (Lipinski definition) is 3. The SMILES string of the molecule is CCOC(=O)N[C@@H](CC1(F)CCCC1)C(=O)NC1(C(=O)C(=O)Nc2ccn(C)n2)CCC1. The number of aryl methyl sites for hydroxylation is 1. The minimum absolute atomic E-state index is 0.0943. The van der Waals surface area contributed by atoms with Gasteiger partial charge < -0.3 is 20.7 Å². The molecule has 2 fully saturated rings. The first-order chi connectivity index (χ1) is 15.2. The van der Waals surface area contributed by atoms with Gasteiger partial charge in [0.1, 0.15) is 17.2 Å². The van der Waals surface area contributed by atoms with Crippen LogP contribution in [0, 0.1) is 0 Å². The average molecular weight is 451 g/mol. The summed E-state index contributed by atoms with van der Waals surface area (Å²) in [5, 5.41) is 11.5. The molecule has 0 bridgehead atoms. The molecule has 0 aliphatic heterocycles. The minimum Gasteiger partial charge on any atom is -0.450 e. The van der Waals surface area contributed by atoms with Crippen molar-refractivity contribution in [3.8, 4) is 0 Å². The van der Waals surface area contributed by atoms with E-state index in [1.165, 1.54) is 4.68 Å². The van der Waals surface area contributed by atoms with E-state index in [2.05, 4.69) is 21.0 Å². The molecule has 0 spiro atoms. The quantitative estimate of drug-likeness (QED) is 0.490. The summed E-state index contributed by atoms with van der Waals surface area (Å²) in [6.45, 7) is 1.71. The van der Waals surface area contributed by atoms with E-state index in [1.54, 1.807) is 26.2 Å². The Labute approximate surface area is 185 Å². The fourth-order valence-electron chi connectivity index (χ4n) is 4.24. The van der Waals surface area contributed by atoms with Crippen LogP contribution < -0.4 is 16.0 Å². The molecule has 0 saturated heterocycles. The second-order valence-corrected chi connectivity index (χ2v) is 8.56. The first-order valence-electron chi connectivity index (χ1n) is 11.0. The van der Waals surface area contributed by atoms with E-state index in [9.17, 15) is 19.2 Å². The van der Waals surface area contributed by atoms with E-state index in [-0.39, 0.29) is 31.7 Å². The van der Waals surface area contributed by atoms with Crippen LogP contribution in [0.25, 0.3) is 0 Å². The van der Waals surface area contributed by atoms with Crippen LogP contribution in [0.1, 0.15) is 58.3 Å². The summed E-state index contributed by atoms with van der Waals surface area (Å²) in [6, 6.07) is 0.319. The van der Waals surface area contributed by atoms with Crippen LogP contribution in [0.5, 0.6) is 0 Å². The van der Waals surface area contributed by atoms with E-state index < -0.39 is 40.9 Å². The van der Waals surface area contributed by atoms with Crippen molar-refractivity contribution in [2.24, 2.45) is 7.05 Å². The summed E-state index contributed by atoms with van der Waals surface area (Å²) < 4.78 is 21.4. The number of Topliss-reactive ketones (excluding diaryl/α,β-unsaturated/α-hetero) is 1. The highest BCUT2D eigenvalue weighted by Gasteiger charge is 2.50. The maximum absolute atomic E-state index is 15.1. The summed E-state index contributed by atoms with van der Waals surface area (Å²) in [6.07, 6.45) is 3.78. The third kappa shape index (κ3) is 5.43. The maximum Gasteiger partial charge on any atom is 0.407 e. The summed E-state index contributed by atoms with van der Waals surface area (Å²) >= 11 is 0. The smallest absolute Gasteiger partial charge is 0.407 e. The number of halogens is 1. The van der Waals surface area contributed by atoms with Crippen molar-refractivity contribution >= 4 is 29.5 Å². The fraction of sp³-hybridized carbons (Fsp3) is 0.667. The second kappa shape index (κ2) is 9.66. The van der Waals surface area contributed by atoms with Crippen LogP contribution in [-0.2, 0) is 26.2 Å². The second-order valence-electron chi connectivity index (χ2n) is 8.56. The van der Waals surface area contributed by atoms with Crippen LogP contribution in [0.15, 0.2) is 12.3 Å². The Hall–Kier alpha value is -2.98. The van der Waals surface area contributed by atoms with Gasteiger partial charge in [-0.05, 0) is 39.0 Å². The number of amides is 3. The van der Waals surface area contributed by atoms with Gasteiger partial charge in [-0.25, -0.2) is 9.18 Å². The number of aromatic nitrogens is 2. The minimum atomic E-state index is -1.57. The van der Waals surface area contributed by atoms with Crippen molar-refractivity contribution in [2.45, 2.75) is 75.5 Å². The summed E-state index contributed by atoms with van der Waals surface area (Å²) in [4.78, 5) is 50.4. The molecule has 1 aromatic rings. The van der Waals surface area contributed by atoms with Gasteiger partial charge in [0.2, 0.25) is 11.7 Å². The molecule has 1 atom stereocenters. The molecule has 32 heavy (non-hydrogen) atoms. The molecule has 2 saturated carbocycles. The third-order valence-electron chi connectivity index (χ3n) is 6.12. The number of ether oxygens (including phenoxy) is 1. The van der Waals surface area contributed by atoms with Gasteiger partial charge in [-0.2, -0.15) is 5.10 Å². The number of ketones is 1. The number of rotatable bonds is 9. The van der Waals surface area contributed by atoms with Gasteiger partial charge in [0.05, 0.1) is 6.61 Å². The van der Waals surface area contributed by atoms with E-state index in [0.717, 1.165) is 0 Å². The van der Waals surface area contributed by atoms with E-state index in [4.69, 9.17) is 4.74 Å². The van der Waals surface area contributed by atoms with Crippen LogP contribution in [0.3, 0.4) is 0 Å². The summed E-state index contributed by atoms with van der Waals surface area (Å²) in [5.74, 6) is -2.18. The highest BCUT2D eigenvalue weighted by molar-refractivity contribution is 6.44. The van der Waals surface area contributed by atoms with E-state index >= 15 is 4.39 Å². The first kappa shape index (κ1) is 23.7. The molecule has 3 amide bonds. The molecule has 0 aromatic carbocycles. The summed E-state index contributed by atoms with van der Waals surface area (Å²) in [5.41, 5.74) is -2.96. The van der Waals surface area contributed by atoms with Gasteiger partial charge in [-0.1, -0.05) is 12.8 Å². The molecule has 176 valence electrons. The Balaban J connectivity index is 1.70. The van der Waals surface area contributed by atoms with Crippen molar-refractivity contribution < 1.29 is 28.3 Å². The molecular formula is C21H30FN5O5. The number of alkyl carbamates (subject to hydrolysis) is 1. The molecule has 1 heterocycles. The molecule has 10 nitrogen and oxygen atoms in total. The first-order valence-corrected chi connectivity index (χ1v) is 11.0. The zero-order valence-electron chi connectivity index (χ0n) is 18.4. The highest BCUT2D eigenvalue weighted by Crippen LogP contribution is 2.38. The predicted molar refractivity (Wildman–Crippen MR) is 112 cm³/mol. The van der Waals surface area contributed by atoms with Gasteiger partial charge in [-0.3, -0.25) is 19.1 Å². The lowest BCUT2D eigenvalue weighted by Gasteiger charge is -2.41. The Morgan fingerprint density at radius 2 is 1.88 bits per heavy atom. The van der Waals surface area contributed by atoms with Gasteiger partial charge in [0.25, 0.3) is 5.91 Å². The largest absolute Gasteiger partial charge is 0.450 e. The van der Waals surface area contributed by atoms with Crippen molar-refractivity contribution in [2.75, 3.05) is 11.9 Å². The number of alkyl halides is 1. The number of carbonyl (C=O) groups is 4. The van der Waals surface area contributed by atoms with Crippen LogP contribution in [-0.4, -0.2) is 57.3 Å². The fourth-order valence-corrected chi connectivity index (χ4v) is 4.24. The third-order valence-corrected chi connectivity index (χ3v) is 6.12.